The Bertz CT molecular complexity index is 1500. The summed E-state index contributed by atoms with van der Waals surface area (Å²) in [6.45, 7) is 13.8. The van der Waals surface area contributed by atoms with E-state index in [1.807, 2.05) is 76.9 Å². The minimum Gasteiger partial charge on any atom is -0.481 e. The topological polar surface area (TPSA) is 161 Å². The largest absolute Gasteiger partial charge is 0.481 e. The van der Waals surface area contributed by atoms with E-state index in [1.54, 1.807) is 24.3 Å². The average molecular weight is 727 g/mol. The summed E-state index contributed by atoms with van der Waals surface area (Å²) in [5, 5.41) is 20.8. The highest BCUT2D eigenvalue weighted by atomic mass is 32.1. The van der Waals surface area contributed by atoms with Gasteiger partial charge in [-0.25, -0.2) is 4.98 Å². The van der Waals surface area contributed by atoms with E-state index >= 15 is 0 Å². The molecule has 51 heavy (non-hydrogen) atoms. The molecule has 13 heteroatoms. The number of hydrogen-bond donors (Lipinski definition) is 4. The first kappa shape index (κ1) is 41.6. The second kappa shape index (κ2) is 18.6. The standard InChI is InChI=1S/C38H58N6O6S/c1-10-24(4)32(42-37(50)38(7)17-14-18-43(38)8)35(47)44(9)31(23(2)3)21-29(39-26(6)45)34-41-30(22-51-34)33(46)40-28(19-25(5)36(48)49)20-27-15-12-11-13-16-27/h11-13,15-16,22-25,28-29,31-32H,10,14,17-21H2,1-9H3,(H,39,45)(H,40,46)(H,42,50)(H,48,49)/t24-,25-,28+,29+,31+,32-,38+/m0/s1. The van der Waals surface area contributed by atoms with Crippen LogP contribution in [0.3, 0.4) is 0 Å². The minimum atomic E-state index is -0.937. The number of aromatic nitrogens is 1. The van der Waals surface area contributed by atoms with Crippen molar-refractivity contribution in [3.8, 4) is 0 Å². The van der Waals surface area contributed by atoms with Crippen molar-refractivity contribution in [2.24, 2.45) is 17.8 Å². The molecule has 1 fully saturated rings. The number of carbonyl (C=O) groups excluding carboxylic acids is 4. The molecule has 0 aliphatic carbocycles. The SMILES string of the molecule is CC[C@H](C)[C@H](NC(=O)[C@@]1(C)CCCN1C)C(=O)N(C)[C@H](C[C@@H](NC(C)=O)c1nc(C(=O)N[C@@H](Cc2ccccc2)C[C@H](C)C(=O)O)cs1)C(C)C. The molecule has 1 aliphatic rings. The molecule has 0 saturated carbocycles. The summed E-state index contributed by atoms with van der Waals surface area (Å²) in [7, 11) is 3.68. The Morgan fingerprint density at radius 3 is 2.25 bits per heavy atom. The number of nitrogens with zero attached hydrogens (tertiary/aromatic N) is 3. The highest BCUT2D eigenvalue weighted by Crippen LogP contribution is 2.30. The number of likely N-dealkylation sites (tertiary alicyclic amines) is 1. The van der Waals surface area contributed by atoms with Crippen LogP contribution in [0.1, 0.15) is 108 Å². The molecule has 12 nitrogen and oxygen atoms in total. The summed E-state index contributed by atoms with van der Waals surface area (Å²) in [6.07, 6.45) is 3.38. The van der Waals surface area contributed by atoms with Crippen LogP contribution in [0.5, 0.6) is 0 Å². The molecule has 1 aromatic heterocycles. The predicted octanol–water partition coefficient (Wildman–Crippen LogP) is 4.66. The number of amides is 4. The monoisotopic (exact) mass is 726 g/mol. The van der Waals surface area contributed by atoms with Gasteiger partial charge in [0.2, 0.25) is 17.7 Å². The molecule has 2 heterocycles. The smallest absolute Gasteiger partial charge is 0.306 e. The number of carbonyl (C=O) groups is 5. The van der Waals surface area contributed by atoms with Crippen LogP contribution < -0.4 is 16.0 Å². The third kappa shape index (κ3) is 11.1. The van der Waals surface area contributed by atoms with Crippen molar-refractivity contribution in [2.75, 3.05) is 20.6 Å². The van der Waals surface area contributed by atoms with Gasteiger partial charge in [0.1, 0.15) is 16.7 Å². The molecule has 0 spiro atoms. The Labute approximate surface area is 307 Å². The van der Waals surface area contributed by atoms with Crippen molar-refractivity contribution in [3.05, 3.63) is 52.0 Å². The molecular weight excluding hydrogens is 669 g/mol. The van der Waals surface area contributed by atoms with E-state index in [2.05, 4.69) is 20.9 Å². The van der Waals surface area contributed by atoms with Crippen molar-refractivity contribution >= 4 is 40.9 Å². The zero-order valence-corrected chi connectivity index (χ0v) is 32.5. The molecule has 1 aliphatic heterocycles. The van der Waals surface area contributed by atoms with E-state index < -0.39 is 41.5 Å². The van der Waals surface area contributed by atoms with Crippen molar-refractivity contribution in [1.29, 1.82) is 0 Å². The predicted molar refractivity (Wildman–Crippen MR) is 199 cm³/mol. The lowest BCUT2D eigenvalue weighted by molar-refractivity contribution is -0.142. The van der Waals surface area contributed by atoms with E-state index in [9.17, 15) is 29.1 Å². The quantitative estimate of drug-likeness (QED) is 0.173. The van der Waals surface area contributed by atoms with Crippen LogP contribution in [0.25, 0.3) is 0 Å². The fourth-order valence-electron chi connectivity index (χ4n) is 6.76. The maximum absolute atomic E-state index is 14.2. The second-order valence-electron chi connectivity index (χ2n) is 14.8. The van der Waals surface area contributed by atoms with Gasteiger partial charge in [-0.2, -0.15) is 0 Å². The molecular formula is C38H58N6O6S. The first-order valence-corrected chi connectivity index (χ1v) is 18.9. The third-order valence-corrected chi connectivity index (χ3v) is 11.5. The van der Waals surface area contributed by atoms with Gasteiger partial charge >= 0.3 is 5.97 Å². The molecule has 0 bridgehead atoms. The van der Waals surface area contributed by atoms with Crippen LogP contribution in [0, 0.1) is 17.8 Å². The second-order valence-corrected chi connectivity index (χ2v) is 15.7. The summed E-state index contributed by atoms with van der Waals surface area (Å²) in [5.74, 6) is -2.77. The first-order chi connectivity index (χ1) is 24.0. The zero-order valence-electron chi connectivity index (χ0n) is 31.7. The fourth-order valence-corrected chi connectivity index (χ4v) is 7.63. The maximum Gasteiger partial charge on any atom is 0.306 e. The Hall–Kier alpha value is -3.84. The summed E-state index contributed by atoms with van der Waals surface area (Å²) in [4.78, 5) is 73.8. The number of thiazole rings is 1. The van der Waals surface area contributed by atoms with Gasteiger partial charge in [-0.3, -0.25) is 28.9 Å². The van der Waals surface area contributed by atoms with Crippen LogP contribution in [-0.4, -0.2) is 93.8 Å². The van der Waals surface area contributed by atoms with Crippen LogP contribution in [0.4, 0.5) is 0 Å². The number of likely N-dealkylation sites (N-methyl/N-ethyl adjacent to an activating group) is 2. The number of benzene rings is 1. The van der Waals surface area contributed by atoms with E-state index in [0.717, 1.165) is 24.9 Å². The molecule has 4 N–H and O–H groups in total. The van der Waals surface area contributed by atoms with Crippen molar-refractivity contribution < 1.29 is 29.1 Å². The number of carboxylic acids is 1. The lowest BCUT2D eigenvalue weighted by Gasteiger charge is -2.38. The van der Waals surface area contributed by atoms with Gasteiger partial charge in [0.25, 0.3) is 5.91 Å². The number of hydrogen-bond acceptors (Lipinski definition) is 8. The molecule has 1 saturated heterocycles. The summed E-state index contributed by atoms with van der Waals surface area (Å²) < 4.78 is 0. The average Bonchev–Trinajstić information content (AvgIpc) is 3.71. The van der Waals surface area contributed by atoms with Crippen molar-refractivity contribution in [2.45, 2.75) is 117 Å². The van der Waals surface area contributed by atoms with E-state index in [-0.39, 0.29) is 47.7 Å². The van der Waals surface area contributed by atoms with Crippen LogP contribution in [-0.2, 0) is 25.6 Å². The van der Waals surface area contributed by atoms with Crippen molar-refractivity contribution in [1.82, 2.24) is 30.7 Å². The van der Waals surface area contributed by atoms with Gasteiger partial charge in [0.15, 0.2) is 0 Å². The molecule has 1 aromatic carbocycles. The summed E-state index contributed by atoms with van der Waals surface area (Å²) in [6, 6.07) is 7.47. The van der Waals surface area contributed by atoms with Gasteiger partial charge in [-0.1, -0.05) is 71.4 Å². The Kier molecular flexibility index (Phi) is 15.2. The Balaban J connectivity index is 1.82. The van der Waals surface area contributed by atoms with Crippen LogP contribution >= 0.6 is 11.3 Å². The molecule has 7 atom stereocenters. The van der Waals surface area contributed by atoms with Gasteiger partial charge < -0.3 is 26.0 Å². The highest BCUT2D eigenvalue weighted by molar-refractivity contribution is 7.09. The lowest BCUT2D eigenvalue weighted by Crippen LogP contribution is -2.60. The Morgan fingerprint density at radius 2 is 1.71 bits per heavy atom. The summed E-state index contributed by atoms with van der Waals surface area (Å²) >= 11 is 1.24. The fraction of sp³-hybridized carbons (Fsp3) is 0.632. The lowest BCUT2D eigenvalue weighted by atomic mass is 9.91. The van der Waals surface area contributed by atoms with Gasteiger partial charge in [-0.05, 0) is 70.0 Å². The van der Waals surface area contributed by atoms with Gasteiger partial charge in [-0.15, -0.1) is 11.3 Å². The molecule has 2 aromatic rings. The molecule has 3 rings (SSSR count). The number of nitrogens with one attached hydrogen (secondary N) is 3. The van der Waals surface area contributed by atoms with Gasteiger partial charge in [0, 0.05) is 31.4 Å². The zero-order chi connectivity index (χ0) is 38.0. The minimum absolute atomic E-state index is 0.0142. The Morgan fingerprint density at radius 1 is 1.04 bits per heavy atom. The van der Waals surface area contributed by atoms with Gasteiger partial charge in [0.05, 0.1) is 17.5 Å². The van der Waals surface area contributed by atoms with E-state index in [0.29, 0.717) is 24.3 Å². The summed E-state index contributed by atoms with van der Waals surface area (Å²) in [5.41, 5.74) is 0.462. The number of carboxylic acid groups (broad SMARTS) is 1. The molecule has 0 unspecified atom stereocenters. The third-order valence-electron chi connectivity index (χ3n) is 10.5. The number of rotatable bonds is 18. The molecule has 0 radical (unpaired) electrons. The van der Waals surface area contributed by atoms with E-state index in [1.165, 1.54) is 18.3 Å². The maximum atomic E-state index is 14.2. The van der Waals surface area contributed by atoms with Crippen LogP contribution in [0.2, 0.25) is 0 Å². The normalized spacial score (nSPS) is 19.7. The molecule has 282 valence electrons. The van der Waals surface area contributed by atoms with Crippen LogP contribution in [0.15, 0.2) is 35.7 Å². The number of aliphatic carboxylic acids is 1. The molecule has 4 amide bonds. The van der Waals surface area contributed by atoms with E-state index in [4.69, 9.17) is 0 Å². The highest BCUT2D eigenvalue weighted by Gasteiger charge is 2.44. The first-order valence-electron chi connectivity index (χ1n) is 18.1. The van der Waals surface area contributed by atoms with Crippen molar-refractivity contribution in [3.63, 3.8) is 0 Å².